The highest BCUT2D eigenvalue weighted by atomic mass is 16.4. The molecule has 2 rings (SSSR count). The van der Waals surface area contributed by atoms with Gasteiger partial charge in [0.25, 0.3) is 0 Å². The van der Waals surface area contributed by atoms with Crippen molar-refractivity contribution in [3.05, 3.63) is 12.2 Å². The van der Waals surface area contributed by atoms with Crippen molar-refractivity contribution >= 4 is 11.9 Å². The quantitative estimate of drug-likeness (QED) is 0.775. The van der Waals surface area contributed by atoms with Gasteiger partial charge in [-0.05, 0) is 31.6 Å². The predicted octanol–water partition coefficient (Wildman–Crippen LogP) is 1.77. The number of amides is 1. The third-order valence-electron chi connectivity index (χ3n) is 4.63. The number of aliphatic carboxylic acids is 1. The zero-order valence-electron chi connectivity index (χ0n) is 11.2. The first-order valence-corrected chi connectivity index (χ1v) is 6.65. The number of carboxylic acids is 1. The van der Waals surface area contributed by atoms with Crippen LogP contribution in [-0.4, -0.2) is 35.0 Å². The summed E-state index contributed by atoms with van der Waals surface area (Å²) in [5, 5.41) is 9.33. The topological polar surface area (TPSA) is 57.6 Å². The number of allylic oxidation sites excluding steroid dienone is 2. The van der Waals surface area contributed by atoms with E-state index in [4.69, 9.17) is 0 Å². The maximum Gasteiger partial charge on any atom is 0.307 e. The minimum atomic E-state index is -0.831. The summed E-state index contributed by atoms with van der Waals surface area (Å²) >= 11 is 0. The fraction of sp³-hybridized carbons (Fsp3) is 0.714. The molecule has 1 amide bonds. The Labute approximate surface area is 108 Å². The van der Waals surface area contributed by atoms with Crippen LogP contribution < -0.4 is 0 Å². The number of carbonyl (C=O) groups excluding carboxylic acids is 1. The fourth-order valence-electron chi connectivity index (χ4n) is 3.22. The molecule has 4 nitrogen and oxygen atoms in total. The van der Waals surface area contributed by atoms with Crippen molar-refractivity contribution in [3.8, 4) is 0 Å². The highest BCUT2D eigenvalue weighted by molar-refractivity contribution is 5.87. The summed E-state index contributed by atoms with van der Waals surface area (Å²) in [6, 6.07) is 0.162. The van der Waals surface area contributed by atoms with Crippen LogP contribution in [0.25, 0.3) is 0 Å². The van der Waals surface area contributed by atoms with Gasteiger partial charge in [0, 0.05) is 13.1 Å². The minimum absolute atomic E-state index is 0.00593. The molecule has 0 radical (unpaired) electrons. The van der Waals surface area contributed by atoms with Crippen LogP contribution in [0.4, 0.5) is 0 Å². The van der Waals surface area contributed by atoms with Gasteiger partial charge in [-0.3, -0.25) is 9.59 Å². The highest BCUT2D eigenvalue weighted by Gasteiger charge is 2.52. The van der Waals surface area contributed by atoms with Gasteiger partial charge in [0.1, 0.15) is 0 Å². The van der Waals surface area contributed by atoms with Crippen molar-refractivity contribution in [1.82, 2.24) is 4.90 Å². The smallest absolute Gasteiger partial charge is 0.307 e. The Morgan fingerprint density at radius 1 is 1.33 bits per heavy atom. The molecule has 1 saturated carbocycles. The van der Waals surface area contributed by atoms with Crippen LogP contribution in [-0.2, 0) is 9.59 Å². The predicted molar refractivity (Wildman–Crippen MR) is 67.9 cm³/mol. The van der Waals surface area contributed by atoms with Gasteiger partial charge in [-0.25, -0.2) is 0 Å². The normalized spacial score (nSPS) is 34.6. The maximum atomic E-state index is 12.5. The summed E-state index contributed by atoms with van der Waals surface area (Å²) in [4.78, 5) is 25.6. The summed E-state index contributed by atoms with van der Waals surface area (Å²) in [6.45, 7) is 4.03. The standard InChI is InChI=1S/C14H21NO3/c1-4-8(2)15(3)13(16)11-9-5-6-10(7-9)12(11)14(17)18/h5-6,8-12H,4,7H2,1-3H3,(H,17,18)/t8?,9?,10?,11-,12+/m0/s1. The monoisotopic (exact) mass is 251 g/mol. The molecule has 18 heavy (non-hydrogen) atoms. The van der Waals surface area contributed by atoms with E-state index in [2.05, 4.69) is 0 Å². The lowest BCUT2D eigenvalue weighted by Crippen LogP contribution is -2.44. The number of carboxylic acid groups (broad SMARTS) is 1. The van der Waals surface area contributed by atoms with E-state index in [-0.39, 0.29) is 29.7 Å². The molecule has 0 spiro atoms. The molecule has 1 N–H and O–H groups in total. The molecule has 0 saturated heterocycles. The highest BCUT2D eigenvalue weighted by Crippen LogP contribution is 2.48. The van der Waals surface area contributed by atoms with Gasteiger partial charge in [-0.15, -0.1) is 0 Å². The lowest BCUT2D eigenvalue weighted by molar-refractivity contribution is -0.151. The van der Waals surface area contributed by atoms with Crippen LogP contribution >= 0.6 is 0 Å². The van der Waals surface area contributed by atoms with E-state index in [1.54, 1.807) is 11.9 Å². The molecule has 1 fully saturated rings. The van der Waals surface area contributed by atoms with Crippen molar-refractivity contribution in [2.24, 2.45) is 23.7 Å². The van der Waals surface area contributed by atoms with E-state index >= 15 is 0 Å². The van der Waals surface area contributed by atoms with Crippen LogP contribution in [0.1, 0.15) is 26.7 Å². The molecular formula is C14H21NO3. The Morgan fingerprint density at radius 3 is 2.39 bits per heavy atom. The van der Waals surface area contributed by atoms with E-state index in [0.29, 0.717) is 0 Å². The molecule has 0 heterocycles. The Hall–Kier alpha value is -1.32. The average Bonchev–Trinajstić information content (AvgIpc) is 2.95. The Bertz CT molecular complexity index is 391. The largest absolute Gasteiger partial charge is 0.481 e. The molecule has 0 aliphatic heterocycles. The minimum Gasteiger partial charge on any atom is -0.481 e. The molecule has 2 aliphatic carbocycles. The third kappa shape index (κ3) is 1.93. The molecule has 2 bridgehead atoms. The van der Waals surface area contributed by atoms with Gasteiger partial charge in [-0.1, -0.05) is 19.1 Å². The molecule has 3 unspecified atom stereocenters. The summed E-state index contributed by atoms with van der Waals surface area (Å²) in [7, 11) is 1.78. The molecular weight excluding hydrogens is 230 g/mol. The number of fused-ring (bicyclic) bond motifs is 2. The summed E-state index contributed by atoms with van der Waals surface area (Å²) < 4.78 is 0. The average molecular weight is 251 g/mol. The van der Waals surface area contributed by atoms with Crippen LogP contribution in [0.5, 0.6) is 0 Å². The number of hydrogen-bond acceptors (Lipinski definition) is 2. The van der Waals surface area contributed by atoms with Gasteiger partial charge >= 0.3 is 5.97 Å². The van der Waals surface area contributed by atoms with Gasteiger partial charge in [0.2, 0.25) is 5.91 Å². The second kappa shape index (κ2) is 4.75. The van der Waals surface area contributed by atoms with Crippen molar-refractivity contribution < 1.29 is 14.7 Å². The van der Waals surface area contributed by atoms with Gasteiger partial charge in [-0.2, -0.15) is 0 Å². The Balaban J connectivity index is 2.19. The van der Waals surface area contributed by atoms with E-state index in [9.17, 15) is 14.7 Å². The Morgan fingerprint density at radius 2 is 1.89 bits per heavy atom. The number of rotatable bonds is 4. The van der Waals surface area contributed by atoms with Crippen molar-refractivity contribution in [2.75, 3.05) is 7.05 Å². The van der Waals surface area contributed by atoms with E-state index in [1.165, 1.54) is 0 Å². The fourth-order valence-corrected chi connectivity index (χ4v) is 3.22. The Kier molecular flexibility index (Phi) is 3.46. The molecule has 0 aromatic carbocycles. The summed E-state index contributed by atoms with van der Waals surface area (Å²) in [6.07, 6.45) is 5.70. The lowest BCUT2D eigenvalue weighted by Gasteiger charge is -2.31. The van der Waals surface area contributed by atoms with Gasteiger partial charge in [0.15, 0.2) is 0 Å². The van der Waals surface area contributed by atoms with E-state index in [0.717, 1.165) is 12.8 Å². The summed E-state index contributed by atoms with van der Waals surface area (Å²) in [5.74, 6) is -1.56. The van der Waals surface area contributed by atoms with Gasteiger partial charge in [0.05, 0.1) is 11.8 Å². The zero-order chi connectivity index (χ0) is 13.4. The SMILES string of the molecule is CCC(C)N(C)C(=O)[C@H]1C2C=CC(C2)[C@H]1C(=O)O. The molecule has 5 atom stereocenters. The second-order valence-corrected chi connectivity index (χ2v) is 5.54. The third-order valence-corrected chi connectivity index (χ3v) is 4.63. The number of hydrogen-bond donors (Lipinski definition) is 1. The van der Waals surface area contributed by atoms with Crippen molar-refractivity contribution in [3.63, 3.8) is 0 Å². The van der Waals surface area contributed by atoms with Gasteiger partial charge < -0.3 is 10.0 Å². The molecule has 4 heteroatoms. The first-order valence-electron chi connectivity index (χ1n) is 6.65. The first-order chi connectivity index (χ1) is 8.47. The lowest BCUT2D eigenvalue weighted by atomic mass is 9.82. The second-order valence-electron chi connectivity index (χ2n) is 5.54. The van der Waals surface area contributed by atoms with Crippen molar-refractivity contribution in [1.29, 1.82) is 0 Å². The van der Waals surface area contributed by atoms with Crippen LogP contribution in [0.15, 0.2) is 12.2 Å². The molecule has 2 aliphatic rings. The first kappa shape index (κ1) is 13.1. The molecule has 0 aromatic rings. The number of nitrogens with zero attached hydrogens (tertiary/aromatic N) is 1. The maximum absolute atomic E-state index is 12.5. The van der Waals surface area contributed by atoms with Crippen LogP contribution in [0.3, 0.4) is 0 Å². The summed E-state index contributed by atoms with van der Waals surface area (Å²) in [5.41, 5.74) is 0. The van der Waals surface area contributed by atoms with Crippen molar-refractivity contribution in [2.45, 2.75) is 32.7 Å². The molecule has 0 aromatic heterocycles. The van der Waals surface area contributed by atoms with Crippen LogP contribution in [0, 0.1) is 23.7 Å². The van der Waals surface area contributed by atoms with E-state index < -0.39 is 11.9 Å². The zero-order valence-corrected chi connectivity index (χ0v) is 11.2. The molecule has 100 valence electrons. The number of carbonyl (C=O) groups is 2. The van der Waals surface area contributed by atoms with Crippen LogP contribution in [0.2, 0.25) is 0 Å². The van der Waals surface area contributed by atoms with E-state index in [1.807, 2.05) is 26.0 Å².